The van der Waals surface area contributed by atoms with Crippen molar-refractivity contribution < 1.29 is 4.79 Å². The number of amides is 1. The van der Waals surface area contributed by atoms with Gasteiger partial charge in [0, 0.05) is 16.1 Å². The molecule has 30 heavy (non-hydrogen) atoms. The van der Waals surface area contributed by atoms with Crippen LogP contribution < -0.4 is 5.32 Å². The highest BCUT2D eigenvalue weighted by Crippen LogP contribution is 2.31. The van der Waals surface area contributed by atoms with Crippen molar-refractivity contribution in [2.75, 3.05) is 5.32 Å². The summed E-state index contributed by atoms with van der Waals surface area (Å²) < 4.78 is 2.07. The molecule has 0 aliphatic heterocycles. The molecule has 4 rings (SSSR count). The third-order valence-corrected chi connectivity index (χ3v) is 6.64. The van der Waals surface area contributed by atoms with Gasteiger partial charge in [0.25, 0.3) is 0 Å². The first kappa shape index (κ1) is 20.7. The lowest BCUT2D eigenvalue weighted by Gasteiger charge is -2.15. The fourth-order valence-corrected chi connectivity index (χ4v) is 4.88. The Bertz CT molecular complexity index is 1270. The second-order valence-electron chi connectivity index (χ2n) is 7.50. The van der Waals surface area contributed by atoms with Crippen LogP contribution in [0.15, 0.2) is 47.6 Å². The van der Waals surface area contributed by atoms with Gasteiger partial charge in [-0.3, -0.25) is 9.20 Å². The zero-order valence-corrected chi connectivity index (χ0v) is 18.9. The van der Waals surface area contributed by atoms with E-state index in [2.05, 4.69) is 52.8 Å². The van der Waals surface area contributed by atoms with Crippen molar-refractivity contribution in [1.82, 2.24) is 14.6 Å². The van der Waals surface area contributed by atoms with Crippen molar-refractivity contribution in [2.24, 2.45) is 0 Å². The summed E-state index contributed by atoms with van der Waals surface area (Å²) in [5.74, 6) is -0.0782. The predicted molar refractivity (Wildman–Crippen MR) is 125 cm³/mol. The second kappa shape index (κ2) is 8.28. The number of nitrogens with zero attached hydrogens (tertiary/aromatic N) is 3. The van der Waals surface area contributed by atoms with Crippen molar-refractivity contribution >= 4 is 51.5 Å². The average Bonchev–Trinajstić information content (AvgIpc) is 3.08. The number of anilines is 1. The first-order valence-electron chi connectivity index (χ1n) is 9.86. The minimum absolute atomic E-state index is 0.0782. The van der Waals surface area contributed by atoms with Crippen LogP contribution in [0.1, 0.15) is 30.0 Å². The van der Waals surface area contributed by atoms with Gasteiger partial charge < -0.3 is 5.32 Å². The number of carbonyl (C=O) groups is 1. The van der Waals surface area contributed by atoms with Gasteiger partial charge in [-0.05, 0) is 68.7 Å². The highest BCUT2D eigenvalue weighted by Gasteiger charge is 2.22. The molecule has 2 heterocycles. The van der Waals surface area contributed by atoms with Crippen LogP contribution in [-0.2, 0) is 4.79 Å². The Morgan fingerprint density at radius 2 is 1.93 bits per heavy atom. The Morgan fingerprint density at radius 1 is 1.13 bits per heavy atom. The summed E-state index contributed by atoms with van der Waals surface area (Å²) in [5.41, 5.74) is 6.12. The predicted octanol–water partition coefficient (Wildman–Crippen LogP) is 5.97. The second-order valence-corrected chi connectivity index (χ2v) is 9.10. The number of carbonyl (C=O) groups excluding carboxylic acids is 1. The molecule has 1 N–H and O–H groups in total. The lowest BCUT2D eigenvalue weighted by atomic mass is 10.0. The Balaban J connectivity index is 1.72. The first-order chi connectivity index (χ1) is 14.4. The molecule has 0 saturated carbocycles. The molecule has 2 aromatic carbocycles. The van der Waals surface area contributed by atoms with Crippen molar-refractivity contribution in [3.8, 4) is 0 Å². The Hall–Kier alpha value is -2.57. The number of pyridine rings is 1. The molecule has 1 unspecified atom stereocenters. The molecule has 1 atom stereocenters. The van der Waals surface area contributed by atoms with Gasteiger partial charge in [-0.25, -0.2) is 0 Å². The van der Waals surface area contributed by atoms with Crippen molar-refractivity contribution in [1.29, 1.82) is 0 Å². The standard InChI is InChI=1S/C23H23ClN4OS/c1-5-19(22(29)25-17-8-6-7-16(24)12-17)30-23-27-26-20-11-14(3)18-10-13(2)9-15(4)21(18)28(20)23/h6-12,19H,5H2,1-4H3,(H,25,29). The molecule has 4 aromatic rings. The van der Waals surface area contributed by atoms with Gasteiger partial charge in [-0.15, -0.1) is 10.2 Å². The zero-order chi connectivity index (χ0) is 21.4. The molecular formula is C23H23ClN4OS. The molecule has 0 radical (unpaired) electrons. The van der Waals surface area contributed by atoms with Crippen LogP contribution in [0.2, 0.25) is 5.02 Å². The number of halogens is 1. The third-order valence-electron chi connectivity index (χ3n) is 5.10. The number of nitrogens with one attached hydrogen (secondary N) is 1. The van der Waals surface area contributed by atoms with E-state index in [9.17, 15) is 4.79 Å². The Kier molecular flexibility index (Phi) is 5.71. The summed E-state index contributed by atoms with van der Waals surface area (Å²) in [6.07, 6.45) is 0.661. The van der Waals surface area contributed by atoms with Crippen molar-refractivity contribution in [2.45, 2.75) is 44.5 Å². The summed E-state index contributed by atoms with van der Waals surface area (Å²) in [5, 5.41) is 13.9. The topological polar surface area (TPSA) is 59.3 Å². The number of benzene rings is 2. The molecule has 0 fully saturated rings. The number of fused-ring (bicyclic) bond motifs is 3. The van der Waals surface area contributed by atoms with E-state index in [0.717, 1.165) is 21.9 Å². The van der Waals surface area contributed by atoms with Crippen LogP contribution in [0.25, 0.3) is 16.6 Å². The zero-order valence-electron chi connectivity index (χ0n) is 17.4. The maximum absolute atomic E-state index is 12.9. The van der Waals surface area contributed by atoms with Crippen molar-refractivity contribution in [3.63, 3.8) is 0 Å². The number of hydrogen-bond donors (Lipinski definition) is 1. The molecule has 0 aliphatic carbocycles. The molecule has 2 aromatic heterocycles. The summed E-state index contributed by atoms with van der Waals surface area (Å²) >= 11 is 7.47. The van der Waals surface area contributed by atoms with E-state index in [1.807, 2.05) is 25.1 Å². The molecule has 5 nitrogen and oxygen atoms in total. The van der Waals surface area contributed by atoms with Gasteiger partial charge in [0.05, 0.1) is 10.8 Å². The number of hydrogen-bond acceptors (Lipinski definition) is 4. The van der Waals surface area contributed by atoms with Crippen LogP contribution in [0.4, 0.5) is 5.69 Å². The average molecular weight is 439 g/mol. The monoisotopic (exact) mass is 438 g/mol. The van der Waals surface area contributed by atoms with E-state index in [1.54, 1.807) is 12.1 Å². The molecule has 0 spiro atoms. The molecular weight excluding hydrogens is 416 g/mol. The SMILES string of the molecule is CCC(Sc1nnc2cc(C)c3cc(C)cc(C)c3n12)C(=O)Nc1cccc(Cl)c1. The quantitative estimate of drug-likeness (QED) is 0.390. The molecule has 0 bridgehead atoms. The van der Waals surface area contributed by atoms with Gasteiger partial charge in [0.2, 0.25) is 5.91 Å². The number of aryl methyl sites for hydroxylation is 3. The van der Waals surface area contributed by atoms with E-state index in [-0.39, 0.29) is 11.2 Å². The molecule has 0 aliphatic rings. The van der Waals surface area contributed by atoms with E-state index in [1.165, 1.54) is 28.3 Å². The molecule has 7 heteroatoms. The molecule has 1 amide bonds. The van der Waals surface area contributed by atoms with Crippen molar-refractivity contribution in [3.05, 3.63) is 64.2 Å². The minimum atomic E-state index is -0.307. The van der Waals surface area contributed by atoms with E-state index < -0.39 is 0 Å². The first-order valence-corrected chi connectivity index (χ1v) is 11.1. The smallest absolute Gasteiger partial charge is 0.237 e. The number of aromatic nitrogens is 3. The maximum atomic E-state index is 12.9. The van der Waals surface area contributed by atoms with Gasteiger partial charge in [0.15, 0.2) is 10.8 Å². The van der Waals surface area contributed by atoms with Gasteiger partial charge >= 0.3 is 0 Å². The maximum Gasteiger partial charge on any atom is 0.237 e. The van der Waals surface area contributed by atoms with E-state index in [4.69, 9.17) is 11.6 Å². The fraction of sp³-hybridized carbons (Fsp3) is 0.261. The van der Waals surface area contributed by atoms with Crippen LogP contribution in [0.3, 0.4) is 0 Å². The highest BCUT2D eigenvalue weighted by molar-refractivity contribution is 8.00. The fourth-order valence-electron chi connectivity index (χ4n) is 3.73. The summed E-state index contributed by atoms with van der Waals surface area (Å²) in [7, 11) is 0. The lowest BCUT2D eigenvalue weighted by Crippen LogP contribution is -2.24. The van der Waals surface area contributed by atoms with Crippen LogP contribution in [-0.4, -0.2) is 25.8 Å². The third kappa shape index (κ3) is 3.89. The summed E-state index contributed by atoms with van der Waals surface area (Å²) in [6.45, 7) is 8.29. The van der Waals surface area contributed by atoms with Crippen LogP contribution >= 0.6 is 23.4 Å². The Morgan fingerprint density at radius 3 is 2.67 bits per heavy atom. The van der Waals surface area contributed by atoms with Gasteiger partial charge in [-0.1, -0.05) is 48.0 Å². The lowest BCUT2D eigenvalue weighted by molar-refractivity contribution is -0.115. The molecule has 0 saturated heterocycles. The summed E-state index contributed by atoms with van der Waals surface area (Å²) in [4.78, 5) is 12.9. The van der Waals surface area contributed by atoms with E-state index in [0.29, 0.717) is 17.1 Å². The Labute approximate surface area is 184 Å². The van der Waals surface area contributed by atoms with E-state index >= 15 is 0 Å². The van der Waals surface area contributed by atoms with Crippen LogP contribution in [0.5, 0.6) is 0 Å². The highest BCUT2D eigenvalue weighted by atomic mass is 35.5. The minimum Gasteiger partial charge on any atom is -0.325 e. The van der Waals surface area contributed by atoms with Gasteiger partial charge in [-0.2, -0.15) is 0 Å². The van der Waals surface area contributed by atoms with Crippen LogP contribution in [0, 0.1) is 20.8 Å². The number of thioether (sulfide) groups is 1. The normalized spacial score (nSPS) is 12.4. The largest absolute Gasteiger partial charge is 0.325 e. The summed E-state index contributed by atoms with van der Waals surface area (Å²) in [6, 6.07) is 13.6. The molecule has 154 valence electrons. The van der Waals surface area contributed by atoms with Gasteiger partial charge in [0.1, 0.15) is 0 Å². The number of rotatable bonds is 5.